The first-order valence-corrected chi connectivity index (χ1v) is 11.6. The van der Waals surface area contributed by atoms with Gasteiger partial charge in [-0.05, 0) is 73.5 Å². The maximum Gasteiger partial charge on any atom is 0.258 e. The number of ether oxygens (including phenoxy) is 1. The van der Waals surface area contributed by atoms with Crippen molar-refractivity contribution in [2.45, 2.75) is 38.6 Å². The molecule has 6 nitrogen and oxygen atoms in total. The van der Waals surface area contributed by atoms with Gasteiger partial charge in [0.2, 0.25) is 5.91 Å². The molecule has 0 saturated carbocycles. The van der Waals surface area contributed by atoms with Crippen molar-refractivity contribution in [2.24, 2.45) is 5.92 Å². The summed E-state index contributed by atoms with van der Waals surface area (Å²) in [5, 5.41) is 8.01. The van der Waals surface area contributed by atoms with Crippen molar-refractivity contribution >= 4 is 28.8 Å². The second-order valence-corrected chi connectivity index (χ2v) is 9.19. The minimum Gasteiger partial charge on any atom is -0.484 e. The summed E-state index contributed by atoms with van der Waals surface area (Å²) in [4.78, 5) is 27.7. The summed E-state index contributed by atoms with van der Waals surface area (Å²) < 4.78 is 5.71. The Bertz CT molecular complexity index is 876. The number of hydrogen-bond acceptors (Lipinski definition) is 5. The van der Waals surface area contributed by atoms with E-state index in [1.54, 1.807) is 17.4 Å². The summed E-state index contributed by atoms with van der Waals surface area (Å²) in [5.41, 5.74) is 1.88. The van der Waals surface area contributed by atoms with Gasteiger partial charge in [-0.25, -0.2) is 0 Å². The van der Waals surface area contributed by atoms with Gasteiger partial charge >= 0.3 is 0 Å². The number of thiophene rings is 1. The van der Waals surface area contributed by atoms with Crippen LogP contribution in [0.1, 0.15) is 42.7 Å². The normalized spacial score (nSPS) is 18.4. The van der Waals surface area contributed by atoms with E-state index in [9.17, 15) is 9.59 Å². The maximum absolute atomic E-state index is 12.4. The molecule has 2 amide bonds. The highest BCUT2D eigenvalue weighted by atomic mass is 32.1. The average molecular weight is 428 g/mol. The first-order valence-electron chi connectivity index (χ1n) is 10.7. The fourth-order valence-electron chi connectivity index (χ4n) is 4.09. The Morgan fingerprint density at radius 2 is 2.13 bits per heavy atom. The van der Waals surface area contributed by atoms with E-state index in [0.29, 0.717) is 25.1 Å². The Morgan fingerprint density at radius 1 is 1.30 bits per heavy atom. The van der Waals surface area contributed by atoms with Gasteiger partial charge in [0.25, 0.3) is 5.91 Å². The number of fused-ring (bicyclic) bond motifs is 1. The number of piperidine rings is 1. The number of likely N-dealkylation sites (tertiary alicyclic amines) is 1. The second-order valence-electron chi connectivity index (χ2n) is 8.21. The molecule has 1 atom stereocenters. The molecular weight excluding hydrogens is 398 g/mol. The number of amides is 2. The number of carbonyl (C=O) groups excluding carboxylic acids is 2. The Kier molecular flexibility index (Phi) is 6.69. The summed E-state index contributed by atoms with van der Waals surface area (Å²) in [7, 11) is 0. The van der Waals surface area contributed by atoms with Crippen LogP contribution >= 0.6 is 11.3 Å². The molecule has 2 aromatic rings. The number of carbonyl (C=O) groups is 2. The summed E-state index contributed by atoms with van der Waals surface area (Å²) in [6, 6.07) is 9.98. The third-order valence-electron chi connectivity index (χ3n) is 5.97. The molecule has 1 aromatic heterocycles. The van der Waals surface area contributed by atoms with Crippen molar-refractivity contribution in [3.05, 3.63) is 46.2 Å². The topological polar surface area (TPSA) is 70.7 Å². The van der Waals surface area contributed by atoms with Crippen molar-refractivity contribution in [1.29, 1.82) is 0 Å². The van der Waals surface area contributed by atoms with Crippen LogP contribution in [0.3, 0.4) is 0 Å². The van der Waals surface area contributed by atoms with Crippen LogP contribution in [0.5, 0.6) is 5.75 Å². The number of nitrogens with zero attached hydrogens (tertiary/aromatic N) is 1. The van der Waals surface area contributed by atoms with Crippen molar-refractivity contribution < 1.29 is 14.3 Å². The molecule has 7 heteroatoms. The molecule has 2 N–H and O–H groups in total. The Hall–Kier alpha value is -2.38. The Morgan fingerprint density at radius 3 is 2.90 bits per heavy atom. The molecule has 30 heavy (non-hydrogen) atoms. The molecule has 1 aromatic carbocycles. The minimum atomic E-state index is -0.118. The van der Waals surface area contributed by atoms with Crippen LogP contribution in [0.4, 0.5) is 5.69 Å². The van der Waals surface area contributed by atoms with Gasteiger partial charge in [-0.1, -0.05) is 13.0 Å². The van der Waals surface area contributed by atoms with Gasteiger partial charge in [0.1, 0.15) is 5.75 Å². The molecule has 0 bridgehead atoms. The van der Waals surface area contributed by atoms with Crippen LogP contribution in [0.2, 0.25) is 0 Å². The number of aryl methyl sites for hydroxylation is 1. The highest BCUT2D eigenvalue weighted by Gasteiger charge is 2.25. The first-order chi connectivity index (χ1) is 14.6. The molecule has 0 aliphatic carbocycles. The third-order valence-corrected chi connectivity index (χ3v) is 6.94. The second kappa shape index (κ2) is 9.62. The molecule has 4 rings (SSSR count). The molecule has 1 fully saturated rings. The van der Waals surface area contributed by atoms with Crippen LogP contribution in [0.25, 0.3) is 0 Å². The van der Waals surface area contributed by atoms with Crippen LogP contribution in [-0.2, 0) is 16.0 Å². The van der Waals surface area contributed by atoms with Gasteiger partial charge in [0.15, 0.2) is 6.61 Å². The lowest BCUT2D eigenvalue weighted by Crippen LogP contribution is -2.42. The van der Waals surface area contributed by atoms with Gasteiger partial charge < -0.3 is 15.4 Å². The number of nitrogens with one attached hydrogen (secondary N) is 2. The number of anilines is 1. The summed E-state index contributed by atoms with van der Waals surface area (Å²) in [6.45, 7) is 5.03. The van der Waals surface area contributed by atoms with Crippen LogP contribution in [-0.4, -0.2) is 43.0 Å². The molecule has 160 valence electrons. The SMILES string of the molecule is CC1CCN([C@H](CNC(=O)COc2ccc3c(c2)CCC(=O)N3)c2cccs2)CC1. The fourth-order valence-corrected chi connectivity index (χ4v) is 4.95. The van der Waals surface area contributed by atoms with E-state index in [1.165, 1.54) is 17.7 Å². The van der Waals surface area contributed by atoms with Crippen molar-refractivity contribution in [3.8, 4) is 5.75 Å². The maximum atomic E-state index is 12.4. The predicted octanol–water partition coefficient (Wildman–Crippen LogP) is 3.60. The van der Waals surface area contributed by atoms with E-state index in [0.717, 1.165) is 30.3 Å². The fraction of sp³-hybridized carbons (Fsp3) is 0.478. The lowest BCUT2D eigenvalue weighted by Gasteiger charge is -2.36. The smallest absolute Gasteiger partial charge is 0.258 e. The van der Waals surface area contributed by atoms with Crippen molar-refractivity contribution in [1.82, 2.24) is 10.2 Å². The molecule has 3 heterocycles. The van der Waals surface area contributed by atoms with Gasteiger partial charge in [-0.15, -0.1) is 11.3 Å². The zero-order valence-corrected chi connectivity index (χ0v) is 18.2. The molecular formula is C23H29N3O3S. The summed E-state index contributed by atoms with van der Waals surface area (Å²) >= 11 is 1.75. The van der Waals surface area contributed by atoms with E-state index >= 15 is 0 Å². The molecule has 0 spiro atoms. The van der Waals surface area contributed by atoms with E-state index in [2.05, 4.69) is 40.0 Å². The quantitative estimate of drug-likeness (QED) is 0.708. The first kappa shape index (κ1) is 20.9. The molecule has 2 aliphatic rings. The zero-order valence-electron chi connectivity index (χ0n) is 17.4. The highest BCUT2D eigenvalue weighted by Crippen LogP contribution is 2.29. The van der Waals surface area contributed by atoms with E-state index in [4.69, 9.17) is 4.74 Å². The monoisotopic (exact) mass is 427 g/mol. The largest absolute Gasteiger partial charge is 0.484 e. The van der Waals surface area contributed by atoms with Gasteiger partial charge in [0, 0.05) is 23.5 Å². The standard InChI is InChI=1S/C23H29N3O3S/c1-16-8-10-26(11-9-16)20(21-3-2-12-30-21)14-24-23(28)15-29-18-5-6-19-17(13-18)4-7-22(27)25-19/h2-3,5-6,12-13,16,20H,4,7-11,14-15H2,1H3,(H,24,28)(H,25,27)/t20-/m1/s1. The zero-order chi connectivity index (χ0) is 20.9. The number of benzene rings is 1. The lowest BCUT2D eigenvalue weighted by atomic mass is 9.97. The van der Waals surface area contributed by atoms with E-state index in [-0.39, 0.29) is 24.5 Å². The Balaban J connectivity index is 1.30. The molecule has 0 radical (unpaired) electrons. The predicted molar refractivity (Wildman–Crippen MR) is 119 cm³/mol. The van der Waals surface area contributed by atoms with Crippen LogP contribution in [0.15, 0.2) is 35.7 Å². The third kappa shape index (κ3) is 5.21. The van der Waals surface area contributed by atoms with E-state index < -0.39 is 0 Å². The van der Waals surface area contributed by atoms with Gasteiger partial charge in [-0.2, -0.15) is 0 Å². The minimum absolute atomic E-state index is 0.0145. The van der Waals surface area contributed by atoms with E-state index in [1.807, 2.05) is 12.1 Å². The van der Waals surface area contributed by atoms with Crippen molar-refractivity contribution in [3.63, 3.8) is 0 Å². The lowest BCUT2D eigenvalue weighted by molar-refractivity contribution is -0.123. The van der Waals surface area contributed by atoms with Gasteiger partial charge in [-0.3, -0.25) is 14.5 Å². The summed E-state index contributed by atoms with van der Waals surface area (Å²) in [6.07, 6.45) is 3.59. The van der Waals surface area contributed by atoms with Crippen molar-refractivity contribution in [2.75, 3.05) is 31.6 Å². The summed E-state index contributed by atoms with van der Waals surface area (Å²) in [5.74, 6) is 1.35. The molecule has 2 aliphatic heterocycles. The van der Waals surface area contributed by atoms with Gasteiger partial charge in [0.05, 0.1) is 6.04 Å². The van der Waals surface area contributed by atoms with Crippen LogP contribution in [0, 0.1) is 5.92 Å². The molecule has 1 saturated heterocycles. The number of rotatable bonds is 7. The Labute approximate surface area is 181 Å². The highest BCUT2D eigenvalue weighted by molar-refractivity contribution is 7.10. The number of hydrogen-bond donors (Lipinski definition) is 2. The average Bonchev–Trinajstić information content (AvgIpc) is 3.28. The van der Waals surface area contributed by atoms with Crippen LogP contribution < -0.4 is 15.4 Å². The molecule has 0 unspecified atom stereocenters.